The minimum absolute atomic E-state index is 0.321. The summed E-state index contributed by atoms with van der Waals surface area (Å²) in [7, 11) is 0. The molecule has 2 heterocycles. The Morgan fingerprint density at radius 3 is 3.07 bits per heavy atom. The molecule has 2 unspecified atom stereocenters. The summed E-state index contributed by atoms with van der Waals surface area (Å²) in [6.45, 7) is 4.14. The average Bonchev–Trinajstić information content (AvgIpc) is 2.23. The lowest BCUT2D eigenvalue weighted by Crippen LogP contribution is -2.46. The molecule has 0 bridgehead atoms. The summed E-state index contributed by atoms with van der Waals surface area (Å²) in [5, 5.41) is 0.722. The summed E-state index contributed by atoms with van der Waals surface area (Å²) in [6, 6.07) is 2.29. The molecule has 0 aromatic carbocycles. The van der Waals surface area contributed by atoms with E-state index in [1.54, 1.807) is 12.4 Å². The largest absolute Gasteiger partial charge is 0.370 e. The fourth-order valence-electron chi connectivity index (χ4n) is 2.01. The van der Waals surface area contributed by atoms with Gasteiger partial charge in [0.25, 0.3) is 0 Å². The van der Waals surface area contributed by atoms with Crippen LogP contribution in [0.4, 0.5) is 5.69 Å². The van der Waals surface area contributed by atoms with E-state index in [1.807, 2.05) is 6.07 Å². The van der Waals surface area contributed by atoms with Crippen molar-refractivity contribution >= 4 is 17.3 Å². The SMILES string of the molecule is CC1CN(c2ccncc2Cl)CCC1N. The van der Waals surface area contributed by atoms with Crippen molar-refractivity contribution in [2.45, 2.75) is 19.4 Å². The van der Waals surface area contributed by atoms with Gasteiger partial charge in [-0.1, -0.05) is 18.5 Å². The lowest BCUT2D eigenvalue weighted by atomic mass is 9.94. The van der Waals surface area contributed by atoms with Gasteiger partial charge in [-0.05, 0) is 18.4 Å². The lowest BCUT2D eigenvalue weighted by Gasteiger charge is -2.36. The molecule has 2 atom stereocenters. The number of nitrogens with zero attached hydrogens (tertiary/aromatic N) is 2. The number of hydrogen-bond acceptors (Lipinski definition) is 3. The molecule has 2 N–H and O–H groups in total. The zero-order chi connectivity index (χ0) is 10.8. The van der Waals surface area contributed by atoms with Crippen molar-refractivity contribution in [3.05, 3.63) is 23.5 Å². The molecule has 1 saturated heterocycles. The molecule has 4 heteroatoms. The molecule has 1 aliphatic heterocycles. The van der Waals surface area contributed by atoms with Gasteiger partial charge in [0.1, 0.15) is 0 Å². The molecule has 82 valence electrons. The summed E-state index contributed by atoms with van der Waals surface area (Å²) in [4.78, 5) is 6.28. The van der Waals surface area contributed by atoms with E-state index in [0.717, 1.165) is 30.2 Å². The highest BCUT2D eigenvalue weighted by atomic mass is 35.5. The van der Waals surface area contributed by atoms with Gasteiger partial charge in [-0.15, -0.1) is 0 Å². The molecule has 1 aliphatic rings. The second-order valence-electron chi connectivity index (χ2n) is 4.20. The molecule has 15 heavy (non-hydrogen) atoms. The number of rotatable bonds is 1. The molecule has 0 spiro atoms. The van der Waals surface area contributed by atoms with E-state index in [2.05, 4.69) is 16.8 Å². The third-order valence-electron chi connectivity index (χ3n) is 3.06. The van der Waals surface area contributed by atoms with Gasteiger partial charge in [-0.25, -0.2) is 0 Å². The van der Waals surface area contributed by atoms with Gasteiger partial charge in [0, 0.05) is 31.5 Å². The topological polar surface area (TPSA) is 42.2 Å². The van der Waals surface area contributed by atoms with E-state index in [4.69, 9.17) is 17.3 Å². The first-order valence-corrected chi connectivity index (χ1v) is 5.66. The van der Waals surface area contributed by atoms with Crippen molar-refractivity contribution < 1.29 is 0 Å². The first-order valence-electron chi connectivity index (χ1n) is 5.28. The maximum absolute atomic E-state index is 6.11. The summed E-state index contributed by atoms with van der Waals surface area (Å²) in [5.41, 5.74) is 7.06. The Kier molecular flexibility index (Phi) is 3.12. The zero-order valence-electron chi connectivity index (χ0n) is 8.86. The van der Waals surface area contributed by atoms with Crippen molar-refractivity contribution in [1.29, 1.82) is 0 Å². The molecule has 1 fully saturated rings. The highest BCUT2D eigenvalue weighted by Gasteiger charge is 2.24. The van der Waals surface area contributed by atoms with E-state index in [0.29, 0.717) is 12.0 Å². The van der Waals surface area contributed by atoms with E-state index in [-0.39, 0.29) is 0 Å². The fourth-order valence-corrected chi connectivity index (χ4v) is 2.25. The van der Waals surface area contributed by atoms with Crippen LogP contribution in [0.5, 0.6) is 0 Å². The molecule has 0 saturated carbocycles. The maximum Gasteiger partial charge on any atom is 0.0822 e. The van der Waals surface area contributed by atoms with Gasteiger partial charge in [0.05, 0.1) is 10.7 Å². The van der Waals surface area contributed by atoms with Crippen LogP contribution in [-0.4, -0.2) is 24.1 Å². The van der Waals surface area contributed by atoms with E-state index < -0.39 is 0 Å². The van der Waals surface area contributed by atoms with E-state index >= 15 is 0 Å². The number of hydrogen-bond donors (Lipinski definition) is 1. The van der Waals surface area contributed by atoms with Crippen molar-refractivity contribution in [3.63, 3.8) is 0 Å². The van der Waals surface area contributed by atoms with Gasteiger partial charge < -0.3 is 10.6 Å². The van der Waals surface area contributed by atoms with Crippen LogP contribution in [0.25, 0.3) is 0 Å². The number of halogens is 1. The third kappa shape index (κ3) is 2.24. The quantitative estimate of drug-likeness (QED) is 0.794. The normalized spacial score (nSPS) is 26.7. The van der Waals surface area contributed by atoms with Crippen molar-refractivity contribution in [2.75, 3.05) is 18.0 Å². The van der Waals surface area contributed by atoms with Gasteiger partial charge in [0.15, 0.2) is 0 Å². The molecule has 0 amide bonds. The predicted octanol–water partition coefficient (Wildman–Crippen LogP) is 1.91. The first kappa shape index (κ1) is 10.7. The average molecular weight is 226 g/mol. The second-order valence-corrected chi connectivity index (χ2v) is 4.61. The summed E-state index contributed by atoms with van der Waals surface area (Å²) in [6.07, 6.45) is 4.50. The molecule has 0 radical (unpaired) electrons. The van der Waals surface area contributed by atoms with Gasteiger partial charge in [-0.3, -0.25) is 4.98 Å². The Morgan fingerprint density at radius 1 is 1.60 bits per heavy atom. The minimum atomic E-state index is 0.321. The van der Waals surface area contributed by atoms with E-state index in [9.17, 15) is 0 Å². The molecular weight excluding hydrogens is 210 g/mol. The van der Waals surface area contributed by atoms with Crippen LogP contribution in [0.15, 0.2) is 18.5 Å². The van der Waals surface area contributed by atoms with Crippen molar-refractivity contribution in [3.8, 4) is 0 Å². The predicted molar refractivity (Wildman–Crippen MR) is 63.2 cm³/mol. The lowest BCUT2D eigenvalue weighted by molar-refractivity contribution is 0.383. The van der Waals surface area contributed by atoms with Crippen LogP contribution in [0.1, 0.15) is 13.3 Å². The number of piperidine rings is 1. The smallest absolute Gasteiger partial charge is 0.0822 e. The van der Waals surface area contributed by atoms with Crippen LogP contribution in [-0.2, 0) is 0 Å². The number of nitrogens with two attached hydrogens (primary N) is 1. The Bertz CT molecular complexity index is 342. The van der Waals surface area contributed by atoms with E-state index in [1.165, 1.54) is 0 Å². The molecular formula is C11H16ClN3. The Morgan fingerprint density at radius 2 is 2.40 bits per heavy atom. The number of aromatic nitrogens is 1. The van der Waals surface area contributed by atoms with Crippen LogP contribution in [0.2, 0.25) is 5.02 Å². The van der Waals surface area contributed by atoms with Gasteiger partial charge in [0.2, 0.25) is 0 Å². The monoisotopic (exact) mass is 225 g/mol. The van der Waals surface area contributed by atoms with Gasteiger partial charge in [-0.2, -0.15) is 0 Å². The first-order chi connectivity index (χ1) is 7.18. The standard InChI is InChI=1S/C11H16ClN3/c1-8-7-15(5-3-10(8)13)11-2-4-14-6-9(11)12/h2,4,6,8,10H,3,5,7,13H2,1H3. The molecule has 0 aliphatic carbocycles. The number of anilines is 1. The second kappa shape index (κ2) is 4.37. The van der Waals surface area contributed by atoms with Crippen molar-refractivity contribution in [2.24, 2.45) is 11.7 Å². The van der Waals surface area contributed by atoms with Crippen LogP contribution >= 0.6 is 11.6 Å². The van der Waals surface area contributed by atoms with Crippen LogP contribution in [0.3, 0.4) is 0 Å². The zero-order valence-corrected chi connectivity index (χ0v) is 9.61. The molecule has 1 aromatic rings. The van der Waals surface area contributed by atoms with Gasteiger partial charge >= 0.3 is 0 Å². The number of pyridine rings is 1. The fraction of sp³-hybridized carbons (Fsp3) is 0.545. The Labute approximate surface area is 95.2 Å². The van der Waals surface area contributed by atoms with Crippen LogP contribution in [0, 0.1) is 5.92 Å². The minimum Gasteiger partial charge on any atom is -0.370 e. The third-order valence-corrected chi connectivity index (χ3v) is 3.35. The molecule has 3 nitrogen and oxygen atoms in total. The highest BCUT2D eigenvalue weighted by Crippen LogP contribution is 2.28. The highest BCUT2D eigenvalue weighted by molar-refractivity contribution is 6.33. The van der Waals surface area contributed by atoms with Crippen molar-refractivity contribution in [1.82, 2.24) is 4.98 Å². The Hall–Kier alpha value is -0.800. The summed E-state index contributed by atoms with van der Waals surface area (Å²) < 4.78 is 0. The summed E-state index contributed by atoms with van der Waals surface area (Å²) in [5.74, 6) is 0.517. The maximum atomic E-state index is 6.11. The molecule has 1 aromatic heterocycles. The summed E-state index contributed by atoms with van der Waals surface area (Å²) >= 11 is 6.11. The molecule has 2 rings (SSSR count). The van der Waals surface area contributed by atoms with Crippen LogP contribution < -0.4 is 10.6 Å². The Balaban J connectivity index is 2.15.